The molecule has 2 N–H and O–H groups in total. The molecule has 1 aromatic rings. The van der Waals surface area contributed by atoms with Crippen LogP contribution in [0.5, 0.6) is 0 Å². The van der Waals surface area contributed by atoms with E-state index in [1.165, 1.54) is 0 Å². The number of nitrogens with one attached hydrogen (secondary N) is 2. The van der Waals surface area contributed by atoms with Gasteiger partial charge in [0.25, 0.3) is 5.91 Å². The molecule has 1 heterocycles. The summed E-state index contributed by atoms with van der Waals surface area (Å²) >= 11 is 0. The fourth-order valence-electron chi connectivity index (χ4n) is 2.51. The van der Waals surface area contributed by atoms with E-state index in [-0.39, 0.29) is 18.0 Å². The van der Waals surface area contributed by atoms with E-state index in [9.17, 15) is 9.59 Å². The number of carbonyl (C=O) groups excluding carboxylic acids is 2. The standard InChI is InChI=1S/C15H21N3O2/c1-4-18(5-2)10(3)16-15(20)11-6-7-13-12(8-11)9-14(19)17-13/h6-8,10H,4-5,9H2,1-3H3,(H,16,20)(H,17,19). The molecule has 5 nitrogen and oxygen atoms in total. The van der Waals surface area contributed by atoms with Crippen molar-refractivity contribution in [2.24, 2.45) is 0 Å². The highest BCUT2D eigenvalue weighted by Crippen LogP contribution is 2.23. The van der Waals surface area contributed by atoms with Gasteiger partial charge in [0.2, 0.25) is 5.91 Å². The fourth-order valence-corrected chi connectivity index (χ4v) is 2.51. The molecule has 0 bridgehead atoms. The average molecular weight is 275 g/mol. The molecule has 2 rings (SSSR count). The lowest BCUT2D eigenvalue weighted by molar-refractivity contribution is -0.115. The minimum atomic E-state index is -0.105. The number of hydrogen-bond acceptors (Lipinski definition) is 3. The van der Waals surface area contributed by atoms with Crippen LogP contribution in [0.3, 0.4) is 0 Å². The second-order valence-electron chi connectivity index (χ2n) is 4.97. The van der Waals surface area contributed by atoms with Gasteiger partial charge in [-0.2, -0.15) is 0 Å². The molecule has 0 radical (unpaired) electrons. The third-order valence-electron chi connectivity index (χ3n) is 3.69. The van der Waals surface area contributed by atoms with Crippen LogP contribution in [0.15, 0.2) is 18.2 Å². The summed E-state index contributed by atoms with van der Waals surface area (Å²) in [5.74, 6) is -0.124. The summed E-state index contributed by atoms with van der Waals surface area (Å²) in [5.41, 5.74) is 2.29. The molecule has 0 fully saturated rings. The van der Waals surface area contributed by atoms with Gasteiger partial charge in [0.05, 0.1) is 12.6 Å². The molecule has 1 aromatic carbocycles. The van der Waals surface area contributed by atoms with Gasteiger partial charge < -0.3 is 10.6 Å². The molecule has 0 aromatic heterocycles. The maximum atomic E-state index is 12.2. The smallest absolute Gasteiger partial charge is 0.252 e. The van der Waals surface area contributed by atoms with Crippen molar-refractivity contribution in [2.75, 3.05) is 18.4 Å². The summed E-state index contributed by atoms with van der Waals surface area (Å²) in [6.07, 6.45) is 0.340. The van der Waals surface area contributed by atoms with Crippen molar-refractivity contribution in [3.63, 3.8) is 0 Å². The molecule has 20 heavy (non-hydrogen) atoms. The first-order valence-corrected chi connectivity index (χ1v) is 7.02. The van der Waals surface area contributed by atoms with Gasteiger partial charge in [-0.15, -0.1) is 0 Å². The van der Waals surface area contributed by atoms with Gasteiger partial charge in [0, 0.05) is 11.3 Å². The van der Waals surface area contributed by atoms with Crippen molar-refractivity contribution in [3.8, 4) is 0 Å². The lowest BCUT2D eigenvalue weighted by Crippen LogP contribution is -2.46. The van der Waals surface area contributed by atoms with Crippen molar-refractivity contribution < 1.29 is 9.59 Å². The van der Waals surface area contributed by atoms with E-state index in [2.05, 4.69) is 29.4 Å². The van der Waals surface area contributed by atoms with Gasteiger partial charge in [0.15, 0.2) is 0 Å². The number of hydrogen-bond donors (Lipinski definition) is 2. The molecule has 5 heteroatoms. The van der Waals surface area contributed by atoms with Crippen molar-refractivity contribution in [2.45, 2.75) is 33.4 Å². The maximum absolute atomic E-state index is 12.2. The molecule has 1 unspecified atom stereocenters. The normalized spacial score (nSPS) is 14.9. The number of amides is 2. The predicted molar refractivity (Wildman–Crippen MR) is 78.6 cm³/mol. The molecule has 0 saturated heterocycles. The van der Waals surface area contributed by atoms with E-state index in [1.807, 2.05) is 6.92 Å². The molecule has 0 spiro atoms. The molecular weight excluding hydrogens is 254 g/mol. The fraction of sp³-hybridized carbons (Fsp3) is 0.467. The minimum Gasteiger partial charge on any atom is -0.337 e. The number of anilines is 1. The summed E-state index contributed by atoms with van der Waals surface area (Å²) in [5, 5.41) is 5.74. The summed E-state index contributed by atoms with van der Waals surface area (Å²) in [6.45, 7) is 7.89. The predicted octanol–water partition coefficient (Wildman–Crippen LogP) is 1.60. The monoisotopic (exact) mass is 275 g/mol. The Morgan fingerprint density at radius 2 is 2.10 bits per heavy atom. The van der Waals surface area contributed by atoms with Gasteiger partial charge in [0.1, 0.15) is 0 Å². The van der Waals surface area contributed by atoms with Crippen LogP contribution in [0, 0.1) is 0 Å². The number of fused-ring (bicyclic) bond motifs is 1. The molecular formula is C15H21N3O2. The number of benzene rings is 1. The maximum Gasteiger partial charge on any atom is 0.252 e. The van der Waals surface area contributed by atoms with Crippen LogP contribution in [0.2, 0.25) is 0 Å². The third kappa shape index (κ3) is 2.99. The first-order valence-electron chi connectivity index (χ1n) is 7.02. The third-order valence-corrected chi connectivity index (χ3v) is 3.69. The van der Waals surface area contributed by atoms with E-state index < -0.39 is 0 Å². The first kappa shape index (κ1) is 14.5. The molecule has 1 atom stereocenters. The molecule has 0 aliphatic carbocycles. The van der Waals surface area contributed by atoms with Gasteiger partial charge in [-0.1, -0.05) is 13.8 Å². The van der Waals surface area contributed by atoms with E-state index >= 15 is 0 Å². The van der Waals surface area contributed by atoms with Crippen LogP contribution >= 0.6 is 0 Å². The summed E-state index contributed by atoms with van der Waals surface area (Å²) in [7, 11) is 0. The van der Waals surface area contributed by atoms with E-state index in [0.717, 1.165) is 24.3 Å². The average Bonchev–Trinajstić information content (AvgIpc) is 2.78. The molecule has 108 valence electrons. The highest BCUT2D eigenvalue weighted by atomic mass is 16.2. The first-order chi connectivity index (χ1) is 9.55. The van der Waals surface area contributed by atoms with Crippen LogP contribution in [0.1, 0.15) is 36.7 Å². The zero-order chi connectivity index (χ0) is 14.7. The van der Waals surface area contributed by atoms with Gasteiger partial charge in [-0.3, -0.25) is 14.5 Å². The van der Waals surface area contributed by atoms with Crippen molar-refractivity contribution >= 4 is 17.5 Å². The topological polar surface area (TPSA) is 61.4 Å². The Kier molecular flexibility index (Phi) is 4.39. The van der Waals surface area contributed by atoms with Gasteiger partial charge in [-0.25, -0.2) is 0 Å². The van der Waals surface area contributed by atoms with E-state index in [0.29, 0.717) is 12.0 Å². The largest absolute Gasteiger partial charge is 0.337 e. The Bertz CT molecular complexity index is 524. The lowest BCUT2D eigenvalue weighted by Gasteiger charge is -2.27. The van der Waals surface area contributed by atoms with Gasteiger partial charge in [-0.05, 0) is 43.8 Å². The van der Waals surface area contributed by atoms with Crippen molar-refractivity contribution in [1.82, 2.24) is 10.2 Å². The molecule has 0 saturated carbocycles. The van der Waals surface area contributed by atoms with Crippen LogP contribution < -0.4 is 10.6 Å². The molecule has 2 amide bonds. The Labute approximate surface area is 119 Å². The Morgan fingerprint density at radius 1 is 1.40 bits per heavy atom. The number of rotatable bonds is 5. The highest BCUT2D eigenvalue weighted by Gasteiger charge is 2.20. The Hall–Kier alpha value is -1.88. The quantitative estimate of drug-likeness (QED) is 0.802. The second kappa shape index (κ2) is 6.05. The van der Waals surface area contributed by atoms with Crippen molar-refractivity contribution in [3.05, 3.63) is 29.3 Å². The molecule has 1 aliphatic rings. The SMILES string of the molecule is CCN(CC)C(C)NC(=O)c1ccc2c(c1)CC(=O)N2. The zero-order valence-corrected chi connectivity index (χ0v) is 12.2. The zero-order valence-electron chi connectivity index (χ0n) is 12.2. The summed E-state index contributed by atoms with van der Waals surface area (Å²) in [4.78, 5) is 25.7. The number of nitrogens with zero attached hydrogens (tertiary/aromatic N) is 1. The van der Waals surface area contributed by atoms with Crippen molar-refractivity contribution in [1.29, 1.82) is 0 Å². The van der Waals surface area contributed by atoms with Crippen LogP contribution in [0.4, 0.5) is 5.69 Å². The minimum absolute atomic E-state index is 0.00879. The summed E-state index contributed by atoms with van der Waals surface area (Å²) in [6, 6.07) is 5.32. The Balaban J connectivity index is 2.07. The Morgan fingerprint density at radius 3 is 2.75 bits per heavy atom. The highest BCUT2D eigenvalue weighted by molar-refractivity contribution is 6.01. The summed E-state index contributed by atoms with van der Waals surface area (Å²) < 4.78 is 0. The second-order valence-corrected chi connectivity index (χ2v) is 4.97. The number of carbonyl (C=O) groups is 2. The van der Waals surface area contributed by atoms with Crippen LogP contribution in [-0.4, -0.2) is 36.0 Å². The van der Waals surface area contributed by atoms with E-state index in [4.69, 9.17) is 0 Å². The molecule has 1 aliphatic heterocycles. The lowest BCUT2D eigenvalue weighted by atomic mass is 10.1. The van der Waals surface area contributed by atoms with E-state index in [1.54, 1.807) is 18.2 Å². The van der Waals surface area contributed by atoms with Crippen LogP contribution in [0.25, 0.3) is 0 Å². The van der Waals surface area contributed by atoms with Crippen LogP contribution in [-0.2, 0) is 11.2 Å². The van der Waals surface area contributed by atoms with Gasteiger partial charge >= 0.3 is 0 Å².